The van der Waals surface area contributed by atoms with Crippen molar-refractivity contribution in [3.05, 3.63) is 35.9 Å². The van der Waals surface area contributed by atoms with Crippen molar-refractivity contribution in [2.75, 3.05) is 6.61 Å². The van der Waals surface area contributed by atoms with Crippen LogP contribution in [0.3, 0.4) is 0 Å². The topological polar surface area (TPSA) is 21.3 Å². The molecule has 0 amide bonds. The molecule has 1 saturated heterocycles. The first-order valence-electron chi connectivity index (χ1n) is 6.52. The first kappa shape index (κ1) is 12.6. The van der Waals surface area contributed by atoms with Gasteiger partial charge in [-0.1, -0.05) is 30.3 Å². The number of ether oxygens (including phenoxy) is 1. The van der Waals surface area contributed by atoms with Gasteiger partial charge < -0.3 is 10.1 Å². The molecule has 1 aliphatic rings. The lowest BCUT2D eigenvalue weighted by atomic mass is 9.95. The standard InChI is InChI=1S/C15H23NO/c1-12(13-7-5-4-6-8-13)16-14-9-10-15(2,3)17-11-14/h4-8,12,14,16H,9-11H2,1-3H3/t12-,14-/m1/s1. The van der Waals surface area contributed by atoms with Crippen molar-refractivity contribution in [3.8, 4) is 0 Å². The molecule has 1 aromatic rings. The van der Waals surface area contributed by atoms with Crippen molar-refractivity contribution in [1.29, 1.82) is 0 Å². The first-order chi connectivity index (χ1) is 8.07. The Kier molecular flexibility index (Phi) is 3.85. The van der Waals surface area contributed by atoms with Gasteiger partial charge >= 0.3 is 0 Å². The van der Waals surface area contributed by atoms with E-state index in [0.717, 1.165) is 13.0 Å². The molecule has 0 aliphatic carbocycles. The summed E-state index contributed by atoms with van der Waals surface area (Å²) in [7, 11) is 0. The second-order valence-electron chi connectivity index (χ2n) is 5.61. The number of rotatable bonds is 3. The van der Waals surface area contributed by atoms with Gasteiger partial charge in [0.15, 0.2) is 0 Å². The summed E-state index contributed by atoms with van der Waals surface area (Å²) in [5.74, 6) is 0. The molecule has 0 radical (unpaired) electrons. The fraction of sp³-hybridized carbons (Fsp3) is 0.600. The van der Waals surface area contributed by atoms with Crippen molar-refractivity contribution in [3.63, 3.8) is 0 Å². The molecular formula is C15H23NO. The maximum atomic E-state index is 5.85. The lowest BCUT2D eigenvalue weighted by Crippen LogP contribution is -2.44. The summed E-state index contributed by atoms with van der Waals surface area (Å²) in [6.07, 6.45) is 2.33. The van der Waals surface area contributed by atoms with Crippen LogP contribution in [-0.2, 0) is 4.74 Å². The van der Waals surface area contributed by atoms with E-state index in [1.165, 1.54) is 12.0 Å². The van der Waals surface area contributed by atoms with Gasteiger partial charge in [0, 0.05) is 12.1 Å². The lowest BCUT2D eigenvalue weighted by Gasteiger charge is -2.36. The second-order valence-corrected chi connectivity index (χ2v) is 5.61. The van der Waals surface area contributed by atoms with E-state index < -0.39 is 0 Å². The highest BCUT2D eigenvalue weighted by atomic mass is 16.5. The maximum Gasteiger partial charge on any atom is 0.0627 e. The Balaban J connectivity index is 1.86. The van der Waals surface area contributed by atoms with Gasteiger partial charge in [-0.15, -0.1) is 0 Å². The summed E-state index contributed by atoms with van der Waals surface area (Å²) in [5, 5.41) is 3.65. The fourth-order valence-corrected chi connectivity index (χ4v) is 2.33. The Morgan fingerprint density at radius 1 is 1.29 bits per heavy atom. The highest BCUT2D eigenvalue weighted by Gasteiger charge is 2.28. The van der Waals surface area contributed by atoms with Gasteiger partial charge in [-0.05, 0) is 39.2 Å². The summed E-state index contributed by atoms with van der Waals surface area (Å²) in [5.41, 5.74) is 1.41. The van der Waals surface area contributed by atoms with E-state index in [-0.39, 0.29) is 5.60 Å². The summed E-state index contributed by atoms with van der Waals surface area (Å²) >= 11 is 0. The van der Waals surface area contributed by atoms with Gasteiger partial charge in [-0.2, -0.15) is 0 Å². The van der Waals surface area contributed by atoms with Gasteiger partial charge in [0.05, 0.1) is 12.2 Å². The molecule has 2 rings (SSSR count). The molecule has 0 saturated carbocycles. The van der Waals surface area contributed by atoms with Crippen molar-refractivity contribution < 1.29 is 4.74 Å². The van der Waals surface area contributed by atoms with E-state index in [4.69, 9.17) is 4.74 Å². The Bertz CT molecular complexity index is 337. The van der Waals surface area contributed by atoms with E-state index in [2.05, 4.69) is 56.4 Å². The third-order valence-corrected chi connectivity index (χ3v) is 3.56. The number of nitrogens with one attached hydrogen (secondary N) is 1. The van der Waals surface area contributed by atoms with Crippen molar-refractivity contribution in [2.24, 2.45) is 0 Å². The summed E-state index contributed by atoms with van der Waals surface area (Å²) in [6.45, 7) is 7.38. The Morgan fingerprint density at radius 3 is 2.59 bits per heavy atom. The van der Waals surface area contributed by atoms with Crippen LogP contribution in [0, 0.1) is 0 Å². The predicted molar refractivity (Wildman–Crippen MR) is 71.0 cm³/mol. The van der Waals surface area contributed by atoms with E-state index in [0.29, 0.717) is 12.1 Å². The zero-order valence-electron chi connectivity index (χ0n) is 11.1. The Hall–Kier alpha value is -0.860. The average molecular weight is 233 g/mol. The molecule has 2 nitrogen and oxygen atoms in total. The normalized spacial score (nSPS) is 25.5. The SMILES string of the molecule is C[C@@H](N[C@@H]1CCC(C)(C)OC1)c1ccccc1. The molecule has 0 unspecified atom stereocenters. The van der Waals surface area contributed by atoms with Crippen LogP contribution >= 0.6 is 0 Å². The summed E-state index contributed by atoms with van der Waals surface area (Å²) in [6, 6.07) is 11.5. The van der Waals surface area contributed by atoms with Crippen molar-refractivity contribution in [2.45, 2.75) is 51.3 Å². The molecule has 1 fully saturated rings. The van der Waals surface area contributed by atoms with Gasteiger partial charge in [0.1, 0.15) is 0 Å². The molecule has 2 heteroatoms. The van der Waals surface area contributed by atoms with Crippen LogP contribution in [-0.4, -0.2) is 18.2 Å². The molecule has 0 bridgehead atoms. The highest BCUT2D eigenvalue weighted by Crippen LogP contribution is 2.25. The molecule has 17 heavy (non-hydrogen) atoms. The van der Waals surface area contributed by atoms with Crippen LogP contribution in [0.5, 0.6) is 0 Å². The average Bonchev–Trinajstić information content (AvgIpc) is 2.33. The third-order valence-electron chi connectivity index (χ3n) is 3.56. The highest BCUT2D eigenvalue weighted by molar-refractivity contribution is 5.18. The van der Waals surface area contributed by atoms with Crippen molar-refractivity contribution >= 4 is 0 Å². The van der Waals surface area contributed by atoms with Crippen LogP contribution in [0.15, 0.2) is 30.3 Å². The monoisotopic (exact) mass is 233 g/mol. The molecule has 2 atom stereocenters. The van der Waals surface area contributed by atoms with E-state index in [1.54, 1.807) is 0 Å². The number of hydrogen-bond acceptors (Lipinski definition) is 2. The van der Waals surface area contributed by atoms with Crippen LogP contribution in [0.25, 0.3) is 0 Å². The van der Waals surface area contributed by atoms with Crippen LogP contribution in [0.2, 0.25) is 0 Å². The molecule has 0 spiro atoms. The minimum absolute atomic E-state index is 0.0637. The largest absolute Gasteiger partial charge is 0.374 e. The molecule has 1 N–H and O–H groups in total. The molecule has 94 valence electrons. The zero-order valence-corrected chi connectivity index (χ0v) is 11.1. The number of benzene rings is 1. The van der Waals surface area contributed by atoms with Gasteiger partial charge in [0.25, 0.3) is 0 Å². The molecule has 0 aromatic heterocycles. The second kappa shape index (κ2) is 5.19. The quantitative estimate of drug-likeness (QED) is 0.865. The third kappa shape index (κ3) is 3.55. The van der Waals surface area contributed by atoms with E-state index >= 15 is 0 Å². The van der Waals surface area contributed by atoms with Crippen LogP contribution in [0.4, 0.5) is 0 Å². The van der Waals surface area contributed by atoms with E-state index in [9.17, 15) is 0 Å². The number of hydrogen-bond donors (Lipinski definition) is 1. The molecule has 1 aromatic carbocycles. The maximum absolute atomic E-state index is 5.85. The Morgan fingerprint density at radius 2 is 2.00 bits per heavy atom. The minimum Gasteiger partial charge on any atom is -0.374 e. The lowest BCUT2D eigenvalue weighted by molar-refractivity contribution is -0.0666. The van der Waals surface area contributed by atoms with Crippen molar-refractivity contribution in [1.82, 2.24) is 5.32 Å². The summed E-state index contributed by atoms with van der Waals surface area (Å²) in [4.78, 5) is 0. The predicted octanol–water partition coefficient (Wildman–Crippen LogP) is 3.29. The summed E-state index contributed by atoms with van der Waals surface area (Å²) < 4.78 is 5.85. The van der Waals surface area contributed by atoms with Gasteiger partial charge in [-0.3, -0.25) is 0 Å². The minimum atomic E-state index is 0.0637. The zero-order chi connectivity index (χ0) is 12.3. The smallest absolute Gasteiger partial charge is 0.0627 e. The van der Waals surface area contributed by atoms with E-state index in [1.807, 2.05) is 0 Å². The first-order valence-corrected chi connectivity index (χ1v) is 6.52. The fourth-order valence-electron chi connectivity index (χ4n) is 2.33. The Labute approximate surface area is 104 Å². The molecule has 1 aliphatic heterocycles. The molecular weight excluding hydrogens is 210 g/mol. The van der Waals surface area contributed by atoms with Crippen LogP contribution in [0.1, 0.15) is 45.2 Å². The van der Waals surface area contributed by atoms with Gasteiger partial charge in [0.2, 0.25) is 0 Å². The molecule has 1 heterocycles. The van der Waals surface area contributed by atoms with Gasteiger partial charge in [-0.25, -0.2) is 0 Å². The van der Waals surface area contributed by atoms with Crippen LogP contribution < -0.4 is 5.32 Å².